The van der Waals surface area contributed by atoms with E-state index in [1.807, 2.05) is 19.9 Å². The molecular weight excluding hydrogens is 582 g/mol. The maximum absolute atomic E-state index is 12.8. The Morgan fingerprint density at radius 3 is 2.00 bits per heavy atom. The number of benzene rings is 2. The zero-order valence-electron chi connectivity index (χ0n) is 17.3. The lowest BCUT2D eigenvalue weighted by Gasteiger charge is -2.21. The third kappa shape index (κ3) is 4.72. The van der Waals surface area contributed by atoms with E-state index in [0.717, 1.165) is 15.6 Å². The van der Waals surface area contributed by atoms with Crippen molar-refractivity contribution in [3.8, 4) is 0 Å². The molecule has 174 valence electrons. The first-order valence-electron chi connectivity index (χ1n) is 9.33. The van der Waals surface area contributed by atoms with Crippen LogP contribution in [0.2, 0.25) is 20.1 Å². The molecule has 0 saturated carbocycles. The topological polar surface area (TPSA) is 92.8 Å². The first-order chi connectivity index (χ1) is 15.4. The van der Waals surface area contributed by atoms with Crippen LogP contribution in [-0.4, -0.2) is 41.2 Å². The van der Waals surface area contributed by atoms with Gasteiger partial charge in [-0.2, -0.15) is 0 Å². The predicted molar refractivity (Wildman–Crippen MR) is 130 cm³/mol. The van der Waals surface area contributed by atoms with Crippen LogP contribution in [0.25, 0.3) is 0 Å². The fraction of sp³-hybridized carbons (Fsp3) is 0.238. The Labute approximate surface area is 217 Å². The number of fused-ring (bicyclic) bond motifs is 1. The molecule has 0 spiro atoms. The Kier molecular flexibility index (Phi) is 7.65. The number of halogens is 5. The van der Waals surface area contributed by atoms with E-state index < -0.39 is 36.3 Å². The fourth-order valence-corrected chi connectivity index (χ4v) is 4.65. The molecule has 0 saturated heterocycles. The van der Waals surface area contributed by atoms with Crippen molar-refractivity contribution in [3.05, 3.63) is 58.9 Å². The molecule has 3 amide bonds. The second-order valence-corrected chi connectivity index (χ2v) is 9.60. The SMILES string of the molecule is Cc1cc(NC(=O)COC(=O)[C@H](C)N2C(=O)c3c(Cl)c(Cl)c(Cl)c(Cl)c3C2=O)c(C)cc1Br. The van der Waals surface area contributed by atoms with Gasteiger partial charge in [-0.3, -0.25) is 19.3 Å². The number of carbonyl (C=O) groups excluding carboxylic acids is 4. The minimum atomic E-state index is -1.37. The maximum Gasteiger partial charge on any atom is 0.329 e. The van der Waals surface area contributed by atoms with Crippen molar-refractivity contribution in [1.29, 1.82) is 0 Å². The largest absolute Gasteiger partial charge is 0.454 e. The van der Waals surface area contributed by atoms with Crippen LogP contribution in [0.5, 0.6) is 0 Å². The minimum Gasteiger partial charge on any atom is -0.454 e. The lowest BCUT2D eigenvalue weighted by atomic mass is 10.1. The van der Waals surface area contributed by atoms with Crippen LogP contribution in [-0.2, 0) is 14.3 Å². The third-order valence-corrected chi connectivity index (χ3v) is 7.64. The standard InChI is InChI=1S/C21H15BrCl4N2O5/c1-7-5-11(8(2)4-10(7)22)27-12(29)6-33-21(32)9(3)28-19(30)13-14(20(28)31)16(24)18(26)17(25)15(13)23/h4-5,9H,6H2,1-3H3,(H,27,29)/t9-/m0/s1. The molecular formula is C21H15BrCl4N2O5. The van der Waals surface area contributed by atoms with Gasteiger partial charge in [0.2, 0.25) is 0 Å². The molecule has 2 aromatic carbocycles. The fourth-order valence-electron chi connectivity index (χ4n) is 3.18. The van der Waals surface area contributed by atoms with Gasteiger partial charge in [0.1, 0.15) is 6.04 Å². The number of amides is 3. The van der Waals surface area contributed by atoms with E-state index >= 15 is 0 Å². The van der Waals surface area contributed by atoms with Gasteiger partial charge < -0.3 is 10.1 Å². The summed E-state index contributed by atoms with van der Waals surface area (Å²) in [7, 11) is 0. The van der Waals surface area contributed by atoms with Crippen molar-refractivity contribution in [1.82, 2.24) is 4.90 Å². The van der Waals surface area contributed by atoms with Crippen molar-refractivity contribution in [3.63, 3.8) is 0 Å². The molecule has 0 unspecified atom stereocenters. The first kappa shape index (κ1) is 25.8. The molecule has 33 heavy (non-hydrogen) atoms. The summed E-state index contributed by atoms with van der Waals surface area (Å²) in [6, 6.07) is 2.24. The molecule has 7 nitrogen and oxygen atoms in total. The molecule has 1 aliphatic rings. The Bertz CT molecular complexity index is 1190. The van der Waals surface area contributed by atoms with Gasteiger partial charge in [0.15, 0.2) is 6.61 Å². The molecule has 3 rings (SSSR count). The summed E-state index contributed by atoms with van der Waals surface area (Å²) in [4.78, 5) is 51.1. The molecule has 0 bridgehead atoms. The van der Waals surface area contributed by atoms with Gasteiger partial charge in [0.05, 0.1) is 31.2 Å². The minimum absolute atomic E-state index is 0.185. The molecule has 1 heterocycles. The summed E-state index contributed by atoms with van der Waals surface area (Å²) >= 11 is 27.6. The second-order valence-electron chi connectivity index (χ2n) is 7.23. The number of nitrogens with one attached hydrogen (secondary N) is 1. The van der Waals surface area contributed by atoms with Crippen molar-refractivity contribution in [2.75, 3.05) is 11.9 Å². The highest BCUT2D eigenvalue weighted by Gasteiger charge is 2.45. The number of ether oxygens (including phenoxy) is 1. The predicted octanol–water partition coefficient (Wildman–Crippen LogP) is 5.85. The number of hydrogen-bond acceptors (Lipinski definition) is 5. The molecule has 12 heteroatoms. The zero-order valence-corrected chi connectivity index (χ0v) is 21.9. The smallest absolute Gasteiger partial charge is 0.329 e. The van der Waals surface area contributed by atoms with Crippen molar-refractivity contribution in [2.45, 2.75) is 26.8 Å². The first-order valence-corrected chi connectivity index (χ1v) is 11.6. The summed E-state index contributed by atoms with van der Waals surface area (Å²) < 4.78 is 5.91. The number of rotatable bonds is 5. The molecule has 1 N–H and O–H groups in total. The number of esters is 1. The summed E-state index contributed by atoms with van der Waals surface area (Å²) in [6.07, 6.45) is 0. The van der Waals surface area contributed by atoms with Crippen LogP contribution >= 0.6 is 62.3 Å². The zero-order chi connectivity index (χ0) is 24.8. The van der Waals surface area contributed by atoms with Crippen LogP contribution in [0.3, 0.4) is 0 Å². The number of anilines is 1. The number of hydrogen-bond donors (Lipinski definition) is 1. The van der Waals surface area contributed by atoms with Gasteiger partial charge in [0.25, 0.3) is 17.7 Å². The summed E-state index contributed by atoms with van der Waals surface area (Å²) in [5.41, 5.74) is 1.77. The Hall–Kier alpha value is -1.84. The molecule has 1 aliphatic heterocycles. The monoisotopic (exact) mass is 594 g/mol. The maximum atomic E-state index is 12.8. The van der Waals surface area contributed by atoms with Crippen LogP contribution in [0.1, 0.15) is 38.8 Å². The molecule has 0 aliphatic carbocycles. The number of aryl methyl sites for hydroxylation is 2. The van der Waals surface area contributed by atoms with Crippen LogP contribution in [0, 0.1) is 13.8 Å². The van der Waals surface area contributed by atoms with Crippen molar-refractivity contribution in [2.24, 2.45) is 0 Å². The Balaban J connectivity index is 1.72. The average molecular weight is 597 g/mol. The van der Waals surface area contributed by atoms with E-state index in [1.165, 1.54) is 6.92 Å². The molecule has 0 radical (unpaired) electrons. The van der Waals surface area contributed by atoms with Gasteiger partial charge in [-0.25, -0.2) is 4.79 Å². The second kappa shape index (κ2) is 9.80. The Morgan fingerprint density at radius 1 is 0.970 bits per heavy atom. The molecule has 0 aromatic heterocycles. The third-order valence-electron chi connectivity index (χ3n) is 4.99. The molecule has 1 atom stereocenters. The highest BCUT2D eigenvalue weighted by Crippen LogP contribution is 2.45. The number of nitrogens with zero attached hydrogens (tertiary/aromatic N) is 1. The highest BCUT2D eigenvalue weighted by atomic mass is 79.9. The van der Waals surface area contributed by atoms with E-state index in [4.69, 9.17) is 51.1 Å². The van der Waals surface area contributed by atoms with Gasteiger partial charge >= 0.3 is 5.97 Å². The van der Waals surface area contributed by atoms with Crippen LogP contribution < -0.4 is 5.32 Å². The molecule has 2 aromatic rings. The average Bonchev–Trinajstić information content (AvgIpc) is 3.02. The van der Waals surface area contributed by atoms with Crippen molar-refractivity contribution < 1.29 is 23.9 Å². The summed E-state index contributed by atoms with van der Waals surface area (Å²) in [5, 5.41) is 1.79. The lowest BCUT2D eigenvalue weighted by Crippen LogP contribution is -2.44. The van der Waals surface area contributed by atoms with E-state index in [1.54, 1.807) is 6.07 Å². The van der Waals surface area contributed by atoms with Gasteiger partial charge in [-0.1, -0.05) is 62.3 Å². The number of imide groups is 1. The Morgan fingerprint density at radius 2 is 1.48 bits per heavy atom. The van der Waals surface area contributed by atoms with E-state index in [0.29, 0.717) is 10.6 Å². The normalized spacial score (nSPS) is 13.8. The quantitative estimate of drug-likeness (QED) is 0.202. The van der Waals surface area contributed by atoms with Crippen molar-refractivity contribution >= 4 is 91.7 Å². The van der Waals surface area contributed by atoms with Gasteiger partial charge in [-0.15, -0.1) is 0 Å². The summed E-state index contributed by atoms with van der Waals surface area (Å²) in [5.74, 6) is -3.33. The van der Waals surface area contributed by atoms with Gasteiger partial charge in [0, 0.05) is 10.2 Å². The van der Waals surface area contributed by atoms with Crippen LogP contribution in [0.15, 0.2) is 16.6 Å². The highest BCUT2D eigenvalue weighted by molar-refractivity contribution is 9.10. The van der Waals surface area contributed by atoms with Gasteiger partial charge in [-0.05, 0) is 44.0 Å². The lowest BCUT2D eigenvalue weighted by molar-refractivity contribution is -0.150. The molecule has 0 fully saturated rings. The van der Waals surface area contributed by atoms with Crippen LogP contribution in [0.4, 0.5) is 5.69 Å². The van der Waals surface area contributed by atoms with E-state index in [-0.39, 0.29) is 31.2 Å². The summed E-state index contributed by atoms with van der Waals surface area (Å²) in [6.45, 7) is 4.32. The van der Waals surface area contributed by atoms with E-state index in [2.05, 4.69) is 21.2 Å². The van der Waals surface area contributed by atoms with E-state index in [9.17, 15) is 19.2 Å². The number of carbonyl (C=O) groups is 4.